The summed E-state index contributed by atoms with van der Waals surface area (Å²) >= 11 is 0. The van der Waals surface area contributed by atoms with E-state index in [-0.39, 0.29) is 18.1 Å². The highest BCUT2D eigenvalue weighted by molar-refractivity contribution is 5.73. The van der Waals surface area contributed by atoms with Gasteiger partial charge in [-0.05, 0) is 12.1 Å². The number of carbonyl (C=O) groups excluding carboxylic acids is 1. The first-order valence-electron chi connectivity index (χ1n) is 8.29. The Morgan fingerprint density at radius 1 is 1.44 bits per heavy atom. The number of nitrogens with one attached hydrogen (secondary N) is 1. The third kappa shape index (κ3) is 3.09. The highest BCUT2D eigenvalue weighted by Crippen LogP contribution is 2.30. The first-order chi connectivity index (χ1) is 13.0. The molecule has 2 aromatic heterocycles. The highest BCUT2D eigenvalue weighted by Gasteiger charge is 2.20. The summed E-state index contributed by atoms with van der Waals surface area (Å²) in [7, 11) is 3.15. The van der Waals surface area contributed by atoms with Crippen molar-refractivity contribution >= 4 is 17.7 Å². The van der Waals surface area contributed by atoms with Gasteiger partial charge >= 0.3 is 6.09 Å². The van der Waals surface area contributed by atoms with Crippen molar-refractivity contribution in [3.63, 3.8) is 0 Å². The molecule has 1 aromatic carbocycles. The van der Waals surface area contributed by atoms with Crippen molar-refractivity contribution in [2.75, 3.05) is 26.0 Å². The lowest BCUT2D eigenvalue weighted by Gasteiger charge is -2.13. The van der Waals surface area contributed by atoms with Crippen LogP contribution in [0.5, 0.6) is 11.5 Å². The number of ether oxygens (including phenoxy) is 2. The second kappa shape index (κ2) is 6.71. The molecule has 9 nitrogen and oxygen atoms in total. The van der Waals surface area contributed by atoms with Gasteiger partial charge in [0.25, 0.3) is 0 Å². The van der Waals surface area contributed by atoms with Gasteiger partial charge in [-0.25, -0.2) is 18.6 Å². The third-order valence-corrected chi connectivity index (χ3v) is 4.23. The molecule has 0 fully saturated rings. The average molecular weight is 372 g/mol. The Morgan fingerprint density at radius 3 is 3.11 bits per heavy atom. The van der Waals surface area contributed by atoms with Crippen molar-refractivity contribution in [2.45, 2.75) is 13.0 Å². The molecule has 0 radical (unpaired) electrons. The number of benzene rings is 1. The van der Waals surface area contributed by atoms with Gasteiger partial charge in [0.05, 0.1) is 12.8 Å². The topological polar surface area (TPSA) is 93.9 Å². The molecule has 1 amide bonds. The highest BCUT2D eigenvalue weighted by atomic mass is 19.1. The van der Waals surface area contributed by atoms with Crippen LogP contribution in [0.25, 0.3) is 5.65 Å². The number of rotatable bonds is 4. The predicted molar refractivity (Wildman–Crippen MR) is 93.4 cm³/mol. The van der Waals surface area contributed by atoms with Gasteiger partial charge < -0.3 is 19.7 Å². The lowest BCUT2D eigenvalue weighted by atomic mass is 10.0. The van der Waals surface area contributed by atoms with E-state index < -0.39 is 6.09 Å². The fraction of sp³-hybridized carbons (Fsp3) is 0.294. The molecule has 27 heavy (non-hydrogen) atoms. The molecule has 0 saturated heterocycles. The second-order valence-corrected chi connectivity index (χ2v) is 6.19. The summed E-state index contributed by atoms with van der Waals surface area (Å²) in [6.07, 6.45) is 2.93. The second-order valence-electron chi connectivity index (χ2n) is 6.19. The SMILES string of the molecule is CN(C)C(=O)Oc1cnc(NCc2c(F)ccc3c2CCO3)n2cnnc12. The summed E-state index contributed by atoms with van der Waals surface area (Å²) in [6.45, 7) is 0.765. The Bertz CT molecular complexity index is 1020. The zero-order valence-electron chi connectivity index (χ0n) is 14.8. The quantitative estimate of drug-likeness (QED) is 0.747. The molecule has 1 aliphatic rings. The van der Waals surface area contributed by atoms with Crippen LogP contribution in [0, 0.1) is 5.82 Å². The maximum Gasteiger partial charge on any atom is 0.414 e. The molecule has 0 spiro atoms. The van der Waals surface area contributed by atoms with Crippen LogP contribution in [-0.4, -0.2) is 51.3 Å². The lowest BCUT2D eigenvalue weighted by molar-refractivity contribution is 0.172. The number of halogens is 1. The number of hydrogen-bond acceptors (Lipinski definition) is 7. The van der Waals surface area contributed by atoms with E-state index in [0.29, 0.717) is 35.9 Å². The summed E-state index contributed by atoms with van der Waals surface area (Å²) in [5, 5.41) is 10.9. The smallest absolute Gasteiger partial charge is 0.414 e. The molecule has 4 rings (SSSR count). The maximum absolute atomic E-state index is 14.3. The van der Waals surface area contributed by atoms with Crippen LogP contribution in [0.2, 0.25) is 0 Å². The number of anilines is 1. The van der Waals surface area contributed by atoms with E-state index in [1.54, 1.807) is 20.2 Å². The molecule has 0 atom stereocenters. The Morgan fingerprint density at radius 2 is 2.30 bits per heavy atom. The van der Waals surface area contributed by atoms with E-state index in [0.717, 1.165) is 5.56 Å². The van der Waals surface area contributed by atoms with Gasteiger partial charge in [0.1, 0.15) is 17.9 Å². The van der Waals surface area contributed by atoms with Crippen LogP contribution in [0.4, 0.5) is 15.1 Å². The van der Waals surface area contributed by atoms with E-state index in [1.165, 1.54) is 27.9 Å². The van der Waals surface area contributed by atoms with E-state index in [1.807, 2.05) is 0 Å². The van der Waals surface area contributed by atoms with Crippen molar-refractivity contribution in [1.29, 1.82) is 0 Å². The van der Waals surface area contributed by atoms with Gasteiger partial charge in [0.15, 0.2) is 5.75 Å². The molecule has 10 heteroatoms. The Hall–Kier alpha value is -3.43. The zero-order valence-corrected chi connectivity index (χ0v) is 14.8. The Kier molecular flexibility index (Phi) is 4.22. The minimum atomic E-state index is -0.552. The molecule has 0 aliphatic carbocycles. The average Bonchev–Trinajstić information content (AvgIpc) is 3.31. The summed E-state index contributed by atoms with van der Waals surface area (Å²) in [4.78, 5) is 17.3. The molecule has 3 aromatic rings. The van der Waals surface area contributed by atoms with Crippen molar-refractivity contribution in [1.82, 2.24) is 24.5 Å². The normalized spacial score (nSPS) is 12.6. The zero-order chi connectivity index (χ0) is 19.0. The predicted octanol–water partition coefficient (Wildman–Crippen LogP) is 1.87. The summed E-state index contributed by atoms with van der Waals surface area (Å²) in [5.41, 5.74) is 1.72. The van der Waals surface area contributed by atoms with E-state index in [9.17, 15) is 9.18 Å². The van der Waals surface area contributed by atoms with E-state index in [2.05, 4.69) is 20.5 Å². The molecule has 0 saturated carbocycles. The number of carbonyl (C=O) groups is 1. The van der Waals surface area contributed by atoms with Gasteiger partial charge in [0.2, 0.25) is 11.6 Å². The molecular weight excluding hydrogens is 355 g/mol. The molecule has 0 bridgehead atoms. The van der Waals surface area contributed by atoms with Gasteiger partial charge in [-0.3, -0.25) is 0 Å². The van der Waals surface area contributed by atoms with Crippen LogP contribution >= 0.6 is 0 Å². The molecule has 0 unspecified atom stereocenters. The van der Waals surface area contributed by atoms with Crippen molar-refractivity contribution < 1.29 is 18.7 Å². The molecule has 3 heterocycles. The molecule has 1 aliphatic heterocycles. The fourth-order valence-electron chi connectivity index (χ4n) is 2.86. The minimum absolute atomic E-state index is 0.178. The number of hydrogen-bond donors (Lipinski definition) is 1. The van der Waals surface area contributed by atoms with E-state index in [4.69, 9.17) is 9.47 Å². The van der Waals surface area contributed by atoms with Gasteiger partial charge in [-0.1, -0.05) is 0 Å². The van der Waals surface area contributed by atoms with Crippen LogP contribution < -0.4 is 14.8 Å². The number of fused-ring (bicyclic) bond motifs is 2. The molecular formula is C17H17FN6O3. The monoisotopic (exact) mass is 372 g/mol. The first-order valence-corrected chi connectivity index (χ1v) is 8.29. The summed E-state index contributed by atoms with van der Waals surface area (Å²) in [6, 6.07) is 3.04. The summed E-state index contributed by atoms with van der Waals surface area (Å²) in [5.74, 6) is 0.984. The van der Waals surface area contributed by atoms with Crippen molar-refractivity contribution in [3.8, 4) is 11.5 Å². The van der Waals surface area contributed by atoms with E-state index >= 15 is 0 Å². The van der Waals surface area contributed by atoms with Crippen molar-refractivity contribution in [2.24, 2.45) is 0 Å². The van der Waals surface area contributed by atoms with Crippen LogP contribution in [0.15, 0.2) is 24.7 Å². The lowest BCUT2D eigenvalue weighted by Crippen LogP contribution is -2.25. The van der Waals surface area contributed by atoms with Gasteiger partial charge in [-0.15, -0.1) is 10.2 Å². The third-order valence-electron chi connectivity index (χ3n) is 4.23. The standard InChI is InChI=1S/C17H17FN6O3/c1-23(2)17(25)27-14-8-20-16(24-9-21-22-15(14)24)19-7-11-10-5-6-26-13(10)4-3-12(11)18/h3-4,8-9H,5-7H2,1-2H3,(H,19,20). The fourth-order valence-corrected chi connectivity index (χ4v) is 2.86. The van der Waals surface area contributed by atoms with Crippen molar-refractivity contribution in [3.05, 3.63) is 41.6 Å². The van der Waals surface area contributed by atoms with Crippen LogP contribution in [0.3, 0.4) is 0 Å². The molecule has 1 N–H and O–H groups in total. The minimum Gasteiger partial charge on any atom is -0.493 e. The van der Waals surface area contributed by atoms with Crippen LogP contribution in [0.1, 0.15) is 11.1 Å². The number of amides is 1. The first kappa shape index (κ1) is 17.0. The van der Waals surface area contributed by atoms with Crippen LogP contribution in [-0.2, 0) is 13.0 Å². The van der Waals surface area contributed by atoms with Gasteiger partial charge in [0, 0.05) is 38.2 Å². The Balaban J connectivity index is 1.60. The maximum atomic E-state index is 14.3. The Labute approximate surface area is 153 Å². The largest absolute Gasteiger partial charge is 0.493 e. The van der Waals surface area contributed by atoms with Gasteiger partial charge in [-0.2, -0.15) is 0 Å². The molecule has 140 valence electrons. The summed E-state index contributed by atoms with van der Waals surface area (Å²) < 4.78 is 26.5. The number of aromatic nitrogens is 4. The number of nitrogens with zero attached hydrogens (tertiary/aromatic N) is 5.